The van der Waals surface area contributed by atoms with Gasteiger partial charge in [0, 0.05) is 36.6 Å². The number of pyridine rings is 1. The number of benzene rings is 1. The van der Waals surface area contributed by atoms with Gasteiger partial charge in [-0.05, 0) is 56.9 Å². The molecule has 0 aliphatic carbocycles. The number of carboxylic acid groups (broad SMARTS) is 1. The molecule has 1 saturated heterocycles. The molecule has 0 spiro atoms. The maximum absolute atomic E-state index is 12.9. The summed E-state index contributed by atoms with van der Waals surface area (Å²) in [5.74, 6) is -0.274. The Morgan fingerprint density at radius 3 is 2.63 bits per heavy atom. The highest BCUT2D eigenvalue weighted by molar-refractivity contribution is 5.94. The van der Waals surface area contributed by atoms with Gasteiger partial charge < -0.3 is 15.3 Å². The van der Waals surface area contributed by atoms with E-state index in [1.165, 1.54) is 6.42 Å². The summed E-state index contributed by atoms with van der Waals surface area (Å²) in [5, 5.41) is 12.8. The Labute approximate surface area is 175 Å². The van der Waals surface area contributed by atoms with Crippen LogP contribution in [0.1, 0.15) is 53.7 Å². The lowest BCUT2D eigenvalue weighted by Crippen LogP contribution is -2.32. The van der Waals surface area contributed by atoms with Crippen LogP contribution in [-0.4, -0.2) is 33.6 Å². The SMILES string of the molecule is Cc1cc(C(C)Nc2ccccc2C(=O)O)c2nc(N3CCCCC3)cc(=O)n2c1. The lowest BCUT2D eigenvalue weighted by Gasteiger charge is -2.28. The van der Waals surface area contributed by atoms with Crippen molar-refractivity contribution in [3.63, 3.8) is 0 Å². The zero-order valence-corrected chi connectivity index (χ0v) is 17.3. The van der Waals surface area contributed by atoms with Crippen molar-refractivity contribution in [1.82, 2.24) is 9.38 Å². The molecule has 7 nitrogen and oxygen atoms in total. The summed E-state index contributed by atoms with van der Waals surface area (Å²) in [5.41, 5.74) is 3.02. The Hall–Kier alpha value is -3.35. The Morgan fingerprint density at radius 2 is 1.90 bits per heavy atom. The number of aromatic nitrogens is 2. The molecule has 1 aliphatic heterocycles. The number of aryl methyl sites for hydroxylation is 1. The number of aromatic carboxylic acids is 1. The van der Waals surface area contributed by atoms with Crippen LogP contribution in [0.25, 0.3) is 5.65 Å². The summed E-state index contributed by atoms with van der Waals surface area (Å²) in [6.07, 6.45) is 5.21. The Bertz CT molecular complexity index is 1150. The molecule has 4 rings (SSSR count). The lowest BCUT2D eigenvalue weighted by molar-refractivity contribution is 0.0698. The molecule has 2 aromatic heterocycles. The third-order valence-electron chi connectivity index (χ3n) is 5.59. The van der Waals surface area contributed by atoms with Crippen molar-refractivity contribution < 1.29 is 9.90 Å². The third-order valence-corrected chi connectivity index (χ3v) is 5.59. The largest absolute Gasteiger partial charge is 0.478 e. The van der Waals surface area contributed by atoms with E-state index in [0.29, 0.717) is 17.2 Å². The Balaban J connectivity index is 1.78. The van der Waals surface area contributed by atoms with Crippen LogP contribution in [-0.2, 0) is 0 Å². The molecule has 7 heteroatoms. The van der Waals surface area contributed by atoms with Gasteiger partial charge in [0.2, 0.25) is 0 Å². The van der Waals surface area contributed by atoms with E-state index in [9.17, 15) is 14.7 Å². The van der Waals surface area contributed by atoms with E-state index in [2.05, 4.69) is 10.2 Å². The Kier molecular flexibility index (Phi) is 5.44. The number of hydrogen-bond acceptors (Lipinski definition) is 5. The van der Waals surface area contributed by atoms with Crippen molar-refractivity contribution in [3.05, 3.63) is 69.6 Å². The molecule has 1 atom stereocenters. The van der Waals surface area contributed by atoms with Gasteiger partial charge in [-0.2, -0.15) is 0 Å². The van der Waals surface area contributed by atoms with Gasteiger partial charge in [-0.15, -0.1) is 0 Å². The predicted molar refractivity (Wildman–Crippen MR) is 118 cm³/mol. The zero-order chi connectivity index (χ0) is 21.3. The van der Waals surface area contributed by atoms with Gasteiger partial charge in [-0.3, -0.25) is 9.20 Å². The minimum Gasteiger partial charge on any atom is -0.478 e. The third kappa shape index (κ3) is 3.87. The molecule has 1 fully saturated rings. The number of hydrogen-bond donors (Lipinski definition) is 2. The van der Waals surface area contributed by atoms with Crippen LogP contribution in [0.4, 0.5) is 11.5 Å². The van der Waals surface area contributed by atoms with E-state index in [4.69, 9.17) is 4.98 Å². The molecule has 156 valence electrons. The summed E-state index contributed by atoms with van der Waals surface area (Å²) in [7, 11) is 0. The first-order valence-corrected chi connectivity index (χ1v) is 10.3. The van der Waals surface area contributed by atoms with E-state index in [1.807, 2.05) is 19.9 Å². The average molecular weight is 406 g/mol. The highest BCUT2D eigenvalue weighted by atomic mass is 16.4. The van der Waals surface area contributed by atoms with Crippen LogP contribution in [0, 0.1) is 6.92 Å². The second kappa shape index (κ2) is 8.18. The monoisotopic (exact) mass is 406 g/mol. The number of carboxylic acids is 1. The number of carbonyl (C=O) groups is 1. The number of nitrogens with one attached hydrogen (secondary N) is 1. The van der Waals surface area contributed by atoms with E-state index in [0.717, 1.165) is 37.1 Å². The fourth-order valence-corrected chi connectivity index (χ4v) is 4.07. The average Bonchev–Trinajstić information content (AvgIpc) is 2.74. The molecule has 3 heterocycles. The first-order chi connectivity index (χ1) is 14.4. The lowest BCUT2D eigenvalue weighted by atomic mass is 10.1. The number of rotatable bonds is 5. The highest BCUT2D eigenvalue weighted by Crippen LogP contribution is 2.26. The van der Waals surface area contributed by atoms with Gasteiger partial charge in [-0.1, -0.05) is 12.1 Å². The number of piperidine rings is 1. The fourth-order valence-electron chi connectivity index (χ4n) is 4.07. The maximum atomic E-state index is 12.9. The maximum Gasteiger partial charge on any atom is 0.337 e. The summed E-state index contributed by atoms with van der Waals surface area (Å²) >= 11 is 0. The quantitative estimate of drug-likeness (QED) is 0.669. The fraction of sp³-hybridized carbons (Fsp3) is 0.348. The van der Waals surface area contributed by atoms with Crippen molar-refractivity contribution in [3.8, 4) is 0 Å². The smallest absolute Gasteiger partial charge is 0.337 e. The van der Waals surface area contributed by atoms with E-state index in [1.54, 1.807) is 40.9 Å². The molecular weight excluding hydrogens is 380 g/mol. The number of nitrogens with zero attached hydrogens (tertiary/aromatic N) is 3. The van der Waals surface area contributed by atoms with Crippen molar-refractivity contribution in [2.75, 3.05) is 23.3 Å². The second-order valence-corrected chi connectivity index (χ2v) is 7.88. The predicted octanol–water partition coefficient (Wildman–Crippen LogP) is 3.86. The molecule has 1 aliphatic rings. The van der Waals surface area contributed by atoms with Crippen LogP contribution in [0.2, 0.25) is 0 Å². The van der Waals surface area contributed by atoms with Crippen LogP contribution in [0.3, 0.4) is 0 Å². The number of anilines is 2. The van der Waals surface area contributed by atoms with Crippen molar-refractivity contribution >= 4 is 23.1 Å². The minimum atomic E-state index is -0.985. The van der Waals surface area contributed by atoms with Crippen LogP contribution in [0.15, 0.2) is 47.4 Å². The molecular formula is C23H26N4O3. The minimum absolute atomic E-state index is 0.108. The van der Waals surface area contributed by atoms with E-state index < -0.39 is 5.97 Å². The summed E-state index contributed by atoms with van der Waals surface area (Å²) in [6.45, 7) is 5.70. The number of para-hydroxylation sites is 1. The van der Waals surface area contributed by atoms with Gasteiger partial charge in [0.1, 0.15) is 11.5 Å². The molecule has 2 N–H and O–H groups in total. The zero-order valence-electron chi connectivity index (χ0n) is 17.3. The van der Waals surface area contributed by atoms with Crippen LogP contribution in [0.5, 0.6) is 0 Å². The van der Waals surface area contributed by atoms with Crippen LogP contribution >= 0.6 is 0 Å². The van der Waals surface area contributed by atoms with E-state index >= 15 is 0 Å². The molecule has 0 amide bonds. The topological polar surface area (TPSA) is 86.9 Å². The molecule has 0 bridgehead atoms. The first kappa shape index (κ1) is 19.9. The van der Waals surface area contributed by atoms with Gasteiger partial charge in [0.15, 0.2) is 0 Å². The number of fused-ring (bicyclic) bond motifs is 1. The van der Waals surface area contributed by atoms with Gasteiger partial charge in [-0.25, -0.2) is 9.78 Å². The molecule has 3 aromatic rings. The van der Waals surface area contributed by atoms with E-state index in [-0.39, 0.29) is 17.2 Å². The first-order valence-electron chi connectivity index (χ1n) is 10.3. The molecule has 30 heavy (non-hydrogen) atoms. The van der Waals surface area contributed by atoms with Gasteiger partial charge >= 0.3 is 5.97 Å². The van der Waals surface area contributed by atoms with Crippen molar-refractivity contribution in [2.45, 2.75) is 39.2 Å². The highest BCUT2D eigenvalue weighted by Gasteiger charge is 2.19. The van der Waals surface area contributed by atoms with Gasteiger partial charge in [0.05, 0.1) is 11.6 Å². The van der Waals surface area contributed by atoms with Crippen LogP contribution < -0.4 is 15.8 Å². The molecule has 1 unspecified atom stereocenters. The Morgan fingerprint density at radius 1 is 1.17 bits per heavy atom. The molecule has 0 radical (unpaired) electrons. The standard InChI is InChI=1S/C23H26N4O3/c1-15-12-18(16(2)24-19-9-5-4-8-17(19)23(29)30)22-25-20(13-21(28)27(22)14-15)26-10-6-3-7-11-26/h4-5,8-9,12-14,16,24H,3,6-7,10-11H2,1-2H3,(H,29,30). The summed E-state index contributed by atoms with van der Waals surface area (Å²) in [6, 6.07) is 10.2. The normalized spacial score (nSPS) is 15.2. The van der Waals surface area contributed by atoms with Crippen molar-refractivity contribution in [2.24, 2.45) is 0 Å². The van der Waals surface area contributed by atoms with Gasteiger partial charge in [0.25, 0.3) is 5.56 Å². The summed E-state index contributed by atoms with van der Waals surface area (Å²) < 4.78 is 1.58. The summed E-state index contributed by atoms with van der Waals surface area (Å²) in [4.78, 5) is 31.5. The molecule has 0 saturated carbocycles. The van der Waals surface area contributed by atoms with Crippen molar-refractivity contribution in [1.29, 1.82) is 0 Å². The second-order valence-electron chi connectivity index (χ2n) is 7.88. The molecule has 1 aromatic carbocycles.